The average molecular weight is 310 g/mol. The van der Waals surface area contributed by atoms with Crippen molar-refractivity contribution in [2.75, 3.05) is 0 Å². The molecule has 3 heterocycles. The Bertz CT molecular complexity index is 566. The molecule has 6 heteroatoms. The number of carbonyl (C=O) groups excluding carboxylic acids is 1. The highest BCUT2D eigenvalue weighted by atomic mass is 32.1. The Kier molecular flexibility index (Phi) is 4.17. The predicted molar refractivity (Wildman–Crippen MR) is 81.4 cm³/mol. The van der Waals surface area contributed by atoms with Crippen LogP contribution >= 0.6 is 11.3 Å². The molecule has 2 bridgehead atoms. The second-order valence-corrected chi connectivity index (χ2v) is 7.03. The van der Waals surface area contributed by atoms with Gasteiger partial charge in [0.15, 0.2) is 0 Å². The van der Waals surface area contributed by atoms with Crippen LogP contribution < -0.4 is 4.87 Å². The van der Waals surface area contributed by atoms with Crippen molar-refractivity contribution in [3.8, 4) is 0 Å². The van der Waals surface area contributed by atoms with Crippen LogP contribution in [0, 0.1) is 6.92 Å². The van der Waals surface area contributed by atoms with Crippen LogP contribution in [0.1, 0.15) is 44.2 Å². The highest BCUT2D eigenvalue weighted by Crippen LogP contribution is 2.36. The average Bonchev–Trinajstić information content (AvgIpc) is 2.89. The summed E-state index contributed by atoms with van der Waals surface area (Å²) in [6.07, 6.45) is 4.46. The molecule has 0 radical (unpaired) electrons. The van der Waals surface area contributed by atoms with E-state index < -0.39 is 0 Å². The van der Waals surface area contributed by atoms with E-state index in [-0.39, 0.29) is 29.0 Å². The Morgan fingerprint density at radius 2 is 2.05 bits per heavy atom. The summed E-state index contributed by atoms with van der Waals surface area (Å²) in [5, 5.41) is 11.6. The third-order valence-electron chi connectivity index (χ3n) is 4.74. The summed E-state index contributed by atoms with van der Waals surface area (Å²) < 4.78 is 1.74. The van der Waals surface area contributed by atoms with Crippen LogP contribution in [0.2, 0.25) is 0 Å². The third-order valence-corrected chi connectivity index (χ3v) is 5.63. The number of hydrogen-bond donors (Lipinski definition) is 1. The molecule has 5 nitrogen and oxygen atoms in total. The number of nitrogens with zero attached hydrogens (tertiary/aromatic N) is 2. The van der Waals surface area contributed by atoms with Crippen molar-refractivity contribution in [1.82, 2.24) is 9.47 Å². The van der Waals surface area contributed by atoms with Crippen molar-refractivity contribution >= 4 is 17.2 Å². The number of aliphatic hydroxyl groups excluding tert-OH is 1. The van der Waals surface area contributed by atoms with Gasteiger partial charge in [-0.1, -0.05) is 11.3 Å². The van der Waals surface area contributed by atoms with E-state index >= 15 is 0 Å². The van der Waals surface area contributed by atoms with Gasteiger partial charge in [-0.2, -0.15) is 0 Å². The van der Waals surface area contributed by atoms with E-state index in [2.05, 4.69) is 0 Å². The first-order valence-electron chi connectivity index (χ1n) is 7.70. The van der Waals surface area contributed by atoms with Crippen LogP contribution in [-0.4, -0.2) is 38.7 Å². The smallest absolute Gasteiger partial charge is 0.307 e. The summed E-state index contributed by atoms with van der Waals surface area (Å²) in [5.74, 6) is 0.190. The van der Waals surface area contributed by atoms with Crippen LogP contribution in [0.3, 0.4) is 0 Å². The van der Waals surface area contributed by atoms with Crippen molar-refractivity contribution < 1.29 is 9.90 Å². The summed E-state index contributed by atoms with van der Waals surface area (Å²) in [6.45, 7) is 2.54. The standard InChI is InChI=1S/C15H22N2O3S/c1-10-9-21-15(20)16(10)6-2-3-14(19)17-11-4-5-12(17)8-13(18)7-11/h9,11-13,18H,2-8H2,1H3. The van der Waals surface area contributed by atoms with Crippen LogP contribution in [0.5, 0.6) is 0 Å². The van der Waals surface area contributed by atoms with Gasteiger partial charge in [0, 0.05) is 36.1 Å². The molecular weight excluding hydrogens is 288 g/mol. The lowest BCUT2D eigenvalue weighted by Crippen LogP contribution is -2.48. The molecule has 0 aliphatic carbocycles. The third kappa shape index (κ3) is 2.92. The SMILES string of the molecule is Cc1csc(=O)n1CCCC(=O)N1C2CCC1CC(O)C2. The van der Waals surface area contributed by atoms with Crippen LogP contribution in [0.15, 0.2) is 10.2 Å². The maximum absolute atomic E-state index is 12.4. The number of aliphatic hydroxyl groups is 1. The second-order valence-electron chi connectivity index (χ2n) is 6.21. The van der Waals surface area contributed by atoms with Crippen molar-refractivity contribution in [3.05, 3.63) is 20.7 Å². The minimum absolute atomic E-state index is 0.0566. The molecule has 1 N–H and O–H groups in total. The highest BCUT2D eigenvalue weighted by molar-refractivity contribution is 7.07. The molecule has 116 valence electrons. The maximum Gasteiger partial charge on any atom is 0.307 e. The molecule has 2 saturated heterocycles. The number of aryl methyl sites for hydroxylation is 1. The molecule has 0 saturated carbocycles. The van der Waals surface area contributed by atoms with Gasteiger partial charge in [0.05, 0.1) is 6.10 Å². The molecule has 1 aromatic rings. The molecule has 0 spiro atoms. The van der Waals surface area contributed by atoms with Crippen LogP contribution in [0.4, 0.5) is 0 Å². The number of thiazole rings is 1. The fraction of sp³-hybridized carbons (Fsp3) is 0.733. The Labute approximate surface area is 128 Å². The lowest BCUT2D eigenvalue weighted by atomic mass is 9.99. The summed E-state index contributed by atoms with van der Waals surface area (Å²) >= 11 is 1.21. The molecular formula is C15H22N2O3S. The fourth-order valence-corrected chi connectivity index (χ4v) is 4.51. The number of piperidine rings is 1. The van der Waals surface area contributed by atoms with Gasteiger partial charge < -0.3 is 14.6 Å². The molecule has 2 aliphatic rings. The summed E-state index contributed by atoms with van der Waals surface area (Å²) in [6, 6.07) is 0.466. The van der Waals surface area contributed by atoms with E-state index in [9.17, 15) is 14.7 Å². The number of aromatic nitrogens is 1. The molecule has 2 fully saturated rings. The van der Waals surface area contributed by atoms with Gasteiger partial charge in [-0.3, -0.25) is 9.59 Å². The summed E-state index contributed by atoms with van der Waals surface area (Å²) in [5.41, 5.74) is 0.971. The second kappa shape index (κ2) is 5.93. The highest BCUT2D eigenvalue weighted by Gasteiger charge is 2.42. The number of hydrogen-bond acceptors (Lipinski definition) is 4. The molecule has 1 aromatic heterocycles. The van der Waals surface area contributed by atoms with E-state index in [1.165, 1.54) is 11.3 Å². The first-order chi connectivity index (χ1) is 10.1. The van der Waals surface area contributed by atoms with Crippen LogP contribution in [-0.2, 0) is 11.3 Å². The van der Waals surface area contributed by atoms with E-state index in [0.29, 0.717) is 19.4 Å². The van der Waals surface area contributed by atoms with Gasteiger partial charge in [-0.05, 0) is 39.0 Å². The maximum atomic E-state index is 12.4. The van der Waals surface area contributed by atoms with E-state index in [1.54, 1.807) is 4.57 Å². The first kappa shape index (κ1) is 14.8. The minimum atomic E-state index is -0.237. The number of fused-ring (bicyclic) bond motifs is 2. The predicted octanol–water partition coefficient (Wildman–Crippen LogP) is 1.51. The fourth-order valence-electron chi connectivity index (χ4n) is 3.75. The van der Waals surface area contributed by atoms with Crippen molar-refractivity contribution in [2.45, 2.75) is 70.2 Å². The number of amides is 1. The van der Waals surface area contributed by atoms with Gasteiger partial charge in [-0.25, -0.2) is 0 Å². The van der Waals surface area contributed by atoms with Gasteiger partial charge >= 0.3 is 4.87 Å². The minimum Gasteiger partial charge on any atom is -0.393 e. The van der Waals surface area contributed by atoms with Crippen LogP contribution in [0.25, 0.3) is 0 Å². The van der Waals surface area contributed by atoms with Gasteiger partial charge in [0.25, 0.3) is 0 Å². The largest absolute Gasteiger partial charge is 0.393 e. The molecule has 3 rings (SSSR count). The Balaban J connectivity index is 1.54. The monoisotopic (exact) mass is 310 g/mol. The van der Waals surface area contributed by atoms with E-state index in [4.69, 9.17) is 0 Å². The zero-order valence-corrected chi connectivity index (χ0v) is 13.1. The Morgan fingerprint density at radius 1 is 1.38 bits per heavy atom. The molecule has 2 atom stereocenters. The molecule has 2 unspecified atom stereocenters. The summed E-state index contributed by atoms with van der Waals surface area (Å²) in [4.78, 5) is 26.1. The first-order valence-corrected chi connectivity index (χ1v) is 8.58. The zero-order chi connectivity index (χ0) is 15.0. The number of rotatable bonds is 4. The van der Waals surface area contributed by atoms with Gasteiger partial charge in [0.1, 0.15) is 0 Å². The molecule has 21 heavy (non-hydrogen) atoms. The van der Waals surface area contributed by atoms with Crippen molar-refractivity contribution in [2.24, 2.45) is 0 Å². The van der Waals surface area contributed by atoms with Gasteiger partial charge in [0.2, 0.25) is 5.91 Å². The quantitative estimate of drug-likeness (QED) is 0.917. The molecule has 1 amide bonds. The van der Waals surface area contributed by atoms with E-state index in [0.717, 1.165) is 31.4 Å². The molecule has 2 aliphatic heterocycles. The lowest BCUT2D eigenvalue weighted by Gasteiger charge is -2.37. The Morgan fingerprint density at radius 3 is 2.62 bits per heavy atom. The van der Waals surface area contributed by atoms with Crippen molar-refractivity contribution in [1.29, 1.82) is 0 Å². The normalized spacial score (nSPS) is 28.1. The number of carbonyl (C=O) groups is 1. The van der Waals surface area contributed by atoms with E-state index in [1.807, 2.05) is 17.2 Å². The zero-order valence-electron chi connectivity index (χ0n) is 12.3. The van der Waals surface area contributed by atoms with Gasteiger partial charge in [-0.15, -0.1) is 0 Å². The topological polar surface area (TPSA) is 62.5 Å². The Hall–Kier alpha value is -1.14. The molecule has 0 aromatic carbocycles. The summed E-state index contributed by atoms with van der Waals surface area (Å²) in [7, 11) is 0. The lowest BCUT2D eigenvalue weighted by molar-refractivity contribution is -0.137. The van der Waals surface area contributed by atoms with Crippen molar-refractivity contribution in [3.63, 3.8) is 0 Å².